The van der Waals surface area contributed by atoms with Gasteiger partial charge in [-0.3, -0.25) is 0 Å². The van der Waals surface area contributed by atoms with Crippen molar-refractivity contribution in [3.05, 3.63) is 38.4 Å². The van der Waals surface area contributed by atoms with Crippen molar-refractivity contribution < 1.29 is 9.47 Å². The second-order valence-electron chi connectivity index (χ2n) is 4.72. The van der Waals surface area contributed by atoms with E-state index in [9.17, 15) is 0 Å². The van der Waals surface area contributed by atoms with Gasteiger partial charge in [-0.05, 0) is 40.8 Å². The Hall–Kier alpha value is -1.28. The van der Waals surface area contributed by atoms with Crippen molar-refractivity contribution in [3.8, 4) is 22.9 Å². The van der Waals surface area contributed by atoms with Gasteiger partial charge in [0.05, 0.1) is 11.0 Å². The summed E-state index contributed by atoms with van der Waals surface area (Å²) in [5.41, 5.74) is 2.90. The molecule has 0 aliphatic carbocycles. The van der Waals surface area contributed by atoms with E-state index in [2.05, 4.69) is 60.6 Å². The zero-order valence-electron chi connectivity index (χ0n) is 10.8. The van der Waals surface area contributed by atoms with Crippen molar-refractivity contribution in [2.75, 3.05) is 13.2 Å². The van der Waals surface area contributed by atoms with Gasteiger partial charge >= 0.3 is 0 Å². The van der Waals surface area contributed by atoms with Crippen molar-refractivity contribution in [3.63, 3.8) is 0 Å². The van der Waals surface area contributed by atoms with Gasteiger partial charge in [0.2, 0.25) is 0 Å². The monoisotopic (exact) mass is 456 g/mol. The maximum absolute atomic E-state index is 5.61. The molecule has 0 saturated heterocycles. The first kappa shape index (κ1) is 13.4. The summed E-state index contributed by atoms with van der Waals surface area (Å²) < 4.78 is 13.4. The van der Waals surface area contributed by atoms with Gasteiger partial charge in [0.15, 0.2) is 11.5 Å². The molecule has 1 aliphatic heterocycles. The number of aromatic amines is 1. The summed E-state index contributed by atoms with van der Waals surface area (Å²) in [6, 6.07) is 10.0. The van der Waals surface area contributed by atoms with E-state index in [1.807, 2.05) is 18.2 Å². The van der Waals surface area contributed by atoms with Crippen LogP contribution in [0.25, 0.3) is 22.4 Å². The van der Waals surface area contributed by atoms with Crippen molar-refractivity contribution in [1.82, 2.24) is 9.97 Å². The van der Waals surface area contributed by atoms with E-state index in [1.54, 1.807) is 0 Å². The third-order valence-electron chi connectivity index (χ3n) is 3.33. The van der Waals surface area contributed by atoms with Crippen molar-refractivity contribution in [2.45, 2.75) is 0 Å². The molecule has 106 valence electrons. The van der Waals surface area contributed by atoms with E-state index in [0.29, 0.717) is 13.2 Å². The first-order chi connectivity index (χ1) is 10.2. The Labute approximate surface area is 143 Å². The summed E-state index contributed by atoms with van der Waals surface area (Å²) in [5.74, 6) is 2.38. The largest absolute Gasteiger partial charge is 0.486 e. The van der Waals surface area contributed by atoms with E-state index < -0.39 is 0 Å². The highest BCUT2D eigenvalue weighted by Gasteiger charge is 2.16. The molecule has 0 radical (unpaired) electrons. The second kappa shape index (κ2) is 5.17. The Morgan fingerprint density at radius 1 is 1.10 bits per heavy atom. The van der Waals surface area contributed by atoms with Gasteiger partial charge in [-0.15, -0.1) is 0 Å². The Bertz CT molecular complexity index is 804. The lowest BCUT2D eigenvalue weighted by molar-refractivity contribution is 0.172. The maximum Gasteiger partial charge on any atom is 0.163 e. The molecule has 2 heterocycles. The second-order valence-corrected chi connectivity index (χ2v) is 6.80. The highest BCUT2D eigenvalue weighted by Crippen LogP contribution is 2.35. The van der Waals surface area contributed by atoms with Gasteiger partial charge in [0.25, 0.3) is 0 Å². The fraction of sp³-hybridized carbons (Fsp3) is 0.133. The van der Waals surface area contributed by atoms with Crippen LogP contribution in [0.5, 0.6) is 11.5 Å². The van der Waals surface area contributed by atoms with Gasteiger partial charge in [-0.25, -0.2) is 4.98 Å². The lowest BCUT2D eigenvalue weighted by atomic mass is 10.2. The summed E-state index contributed by atoms with van der Waals surface area (Å²) in [6.45, 7) is 1.17. The number of fused-ring (bicyclic) bond motifs is 2. The highest BCUT2D eigenvalue weighted by atomic mass is 127. The third kappa shape index (κ3) is 2.40. The van der Waals surface area contributed by atoms with Crippen LogP contribution in [0.2, 0.25) is 0 Å². The van der Waals surface area contributed by atoms with E-state index in [4.69, 9.17) is 9.47 Å². The Morgan fingerprint density at radius 3 is 2.67 bits per heavy atom. The van der Waals surface area contributed by atoms with Crippen LogP contribution in [0.3, 0.4) is 0 Å². The molecule has 0 unspecified atom stereocenters. The lowest BCUT2D eigenvalue weighted by Gasteiger charge is -2.17. The minimum atomic E-state index is 0.583. The number of rotatable bonds is 1. The smallest absolute Gasteiger partial charge is 0.163 e. The lowest BCUT2D eigenvalue weighted by Crippen LogP contribution is -2.15. The predicted molar refractivity (Wildman–Crippen MR) is 92.9 cm³/mol. The number of imidazole rings is 1. The first-order valence-electron chi connectivity index (χ1n) is 6.45. The summed E-state index contributed by atoms with van der Waals surface area (Å²) in [7, 11) is 0. The molecule has 6 heteroatoms. The van der Waals surface area contributed by atoms with Crippen LogP contribution in [-0.2, 0) is 0 Å². The molecule has 4 rings (SSSR count). The average molecular weight is 457 g/mol. The van der Waals surface area contributed by atoms with E-state index >= 15 is 0 Å². The zero-order chi connectivity index (χ0) is 14.4. The fourth-order valence-electron chi connectivity index (χ4n) is 2.35. The number of hydrogen-bond donors (Lipinski definition) is 1. The molecule has 4 nitrogen and oxygen atoms in total. The standard InChI is InChI=1S/C15H10BrIN2O2/c16-8-1-2-10(17)9(5-8)15-18-11-6-13-14(7-12(11)19-15)21-4-3-20-13/h1-2,5-7H,3-4H2,(H,18,19). The number of halogens is 2. The minimum absolute atomic E-state index is 0.583. The van der Waals surface area contributed by atoms with E-state index in [1.165, 1.54) is 0 Å². The van der Waals surface area contributed by atoms with Crippen molar-refractivity contribution in [1.29, 1.82) is 0 Å². The van der Waals surface area contributed by atoms with Crippen LogP contribution in [0.15, 0.2) is 34.8 Å². The van der Waals surface area contributed by atoms with Crippen LogP contribution in [0.4, 0.5) is 0 Å². The highest BCUT2D eigenvalue weighted by molar-refractivity contribution is 14.1. The van der Waals surface area contributed by atoms with Crippen LogP contribution in [0, 0.1) is 3.57 Å². The number of H-pyrrole nitrogens is 1. The first-order valence-corrected chi connectivity index (χ1v) is 8.33. The topological polar surface area (TPSA) is 47.1 Å². The number of ether oxygens (including phenoxy) is 2. The molecule has 0 fully saturated rings. The quantitative estimate of drug-likeness (QED) is 0.553. The molecular formula is C15H10BrIN2O2. The molecule has 3 aromatic rings. The van der Waals surface area contributed by atoms with Crippen LogP contribution in [0.1, 0.15) is 0 Å². The summed E-state index contributed by atoms with van der Waals surface area (Å²) in [5, 5.41) is 0. The number of nitrogens with zero attached hydrogens (tertiary/aromatic N) is 1. The Kier molecular flexibility index (Phi) is 3.30. The molecule has 0 bridgehead atoms. The number of hydrogen-bond acceptors (Lipinski definition) is 3. The molecule has 2 aromatic carbocycles. The number of nitrogens with one attached hydrogen (secondary N) is 1. The Balaban J connectivity index is 1.88. The van der Waals surface area contributed by atoms with Crippen molar-refractivity contribution in [2.24, 2.45) is 0 Å². The minimum Gasteiger partial charge on any atom is -0.486 e. The summed E-state index contributed by atoms with van der Waals surface area (Å²) >= 11 is 5.82. The number of benzene rings is 2. The van der Waals surface area contributed by atoms with Crippen LogP contribution >= 0.6 is 38.5 Å². The molecule has 0 atom stereocenters. The van der Waals surface area contributed by atoms with Gasteiger partial charge in [0, 0.05) is 25.7 Å². The van der Waals surface area contributed by atoms with Gasteiger partial charge in [-0.2, -0.15) is 0 Å². The van der Waals surface area contributed by atoms with Gasteiger partial charge in [0.1, 0.15) is 19.0 Å². The maximum atomic E-state index is 5.61. The molecule has 21 heavy (non-hydrogen) atoms. The SMILES string of the molecule is Brc1ccc(I)c(-c2nc3cc4c(cc3[nH]2)OCCO4)c1. The molecule has 1 aliphatic rings. The van der Waals surface area contributed by atoms with Gasteiger partial charge < -0.3 is 14.5 Å². The van der Waals surface area contributed by atoms with Crippen molar-refractivity contribution >= 4 is 49.6 Å². The normalized spacial score (nSPS) is 13.6. The number of aromatic nitrogens is 2. The summed E-state index contributed by atoms with van der Waals surface area (Å²) in [6.07, 6.45) is 0. The van der Waals surface area contributed by atoms with Crippen LogP contribution in [-0.4, -0.2) is 23.2 Å². The van der Waals surface area contributed by atoms with E-state index in [-0.39, 0.29) is 0 Å². The van der Waals surface area contributed by atoms with Gasteiger partial charge in [-0.1, -0.05) is 15.9 Å². The third-order valence-corrected chi connectivity index (χ3v) is 4.76. The molecule has 1 N–H and O–H groups in total. The zero-order valence-corrected chi connectivity index (χ0v) is 14.6. The van der Waals surface area contributed by atoms with Crippen LogP contribution < -0.4 is 9.47 Å². The Morgan fingerprint density at radius 2 is 1.86 bits per heavy atom. The molecule has 0 amide bonds. The molecule has 0 saturated carbocycles. The average Bonchev–Trinajstić information content (AvgIpc) is 2.89. The molecule has 1 aromatic heterocycles. The summed E-state index contributed by atoms with van der Waals surface area (Å²) in [4.78, 5) is 8.03. The molecular weight excluding hydrogens is 447 g/mol. The predicted octanol–water partition coefficient (Wildman–Crippen LogP) is 4.37. The molecule has 0 spiro atoms. The fourth-order valence-corrected chi connectivity index (χ4v) is 3.31. The van der Waals surface area contributed by atoms with E-state index in [0.717, 1.165) is 42.0 Å².